The highest BCUT2D eigenvalue weighted by Crippen LogP contribution is 2.25. The van der Waals surface area contributed by atoms with Crippen molar-refractivity contribution in [3.05, 3.63) is 36.3 Å². The first-order valence-corrected chi connectivity index (χ1v) is 9.16. The third-order valence-electron chi connectivity index (χ3n) is 4.15. The Labute approximate surface area is 141 Å². The van der Waals surface area contributed by atoms with E-state index in [1.807, 2.05) is 23.1 Å². The summed E-state index contributed by atoms with van der Waals surface area (Å²) >= 11 is 0. The van der Waals surface area contributed by atoms with Crippen LogP contribution in [0.15, 0.2) is 35.5 Å². The Morgan fingerprint density at radius 1 is 1.42 bits per heavy atom. The molecule has 130 valence electrons. The molecule has 1 fully saturated rings. The van der Waals surface area contributed by atoms with Gasteiger partial charge in [-0.2, -0.15) is 5.10 Å². The maximum absolute atomic E-state index is 12.4. The van der Waals surface area contributed by atoms with Crippen molar-refractivity contribution in [3.8, 4) is 0 Å². The van der Waals surface area contributed by atoms with Gasteiger partial charge < -0.3 is 10.0 Å². The predicted octanol–water partition coefficient (Wildman–Crippen LogP) is 0.0432. The number of nitrogens with zero attached hydrogens (tertiary/aromatic N) is 4. The molecule has 1 aliphatic rings. The van der Waals surface area contributed by atoms with E-state index in [0.717, 1.165) is 5.82 Å². The monoisotopic (exact) mass is 351 g/mol. The minimum atomic E-state index is -3.71. The zero-order chi connectivity index (χ0) is 17.4. The highest BCUT2D eigenvalue weighted by atomic mass is 32.2. The Kier molecular flexibility index (Phi) is 4.33. The molecule has 0 aliphatic carbocycles. The summed E-state index contributed by atoms with van der Waals surface area (Å²) in [5.41, 5.74) is -0.695. The van der Waals surface area contributed by atoms with E-state index in [4.69, 9.17) is 0 Å². The van der Waals surface area contributed by atoms with Crippen molar-refractivity contribution < 1.29 is 13.5 Å². The summed E-state index contributed by atoms with van der Waals surface area (Å²) in [6.07, 6.45) is 3.62. The van der Waals surface area contributed by atoms with Gasteiger partial charge in [0.2, 0.25) is 10.0 Å². The highest BCUT2D eigenvalue weighted by Gasteiger charge is 2.38. The van der Waals surface area contributed by atoms with Gasteiger partial charge in [-0.1, -0.05) is 6.07 Å². The van der Waals surface area contributed by atoms with E-state index in [1.165, 1.54) is 10.9 Å². The molecule has 1 aliphatic heterocycles. The number of β-amino-alcohol motifs (C(OH)–C–C–N with tert-alkyl or cyclic N) is 1. The van der Waals surface area contributed by atoms with Crippen molar-refractivity contribution in [2.75, 3.05) is 24.5 Å². The second-order valence-corrected chi connectivity index (χ2v) is 7.90. The number of anilines is 1. The first-order valence-electron chi connectivity index (χ1n) is 7.67. The van der Waals surface area contributed by atoms with Crippen LogP contribution < -0.4 is 9.62 Å². The maximum atomic E-state index is 12.4. The van der Waals surface area contributed by atoms with Crippen molar-refractivity contribution >= 4 is 15.8 Å². The smallest absolute Gasteiger partial charge is 0.244 e. The lowest BCUT2D eigenvalue weighted by Gasteiger charge is -2.24. The van der Waals surface area contributed by atoms with E-state index >= 15 is 0 Å². The molecule has 2 aromatic heterocycles. The molecule has 0 spiro atoms. The van der Waals surface area contributed by atoms with Crippen LogP contribution in [0.5, 0.6) is 0 Å². The quantitative estimate of drug-likeness (QED) is 0.789. The van der Waals surface area contributed by atoms with Crippen molar-refractivity contribution in [1.82, 2.24) is 19.5 Å². The van der Waals surface area contributed by atoms with Crippen LogP contribution in [0, 0.1) is 6.92 Å². The Morgan fingerprint density at radius 3 is 2.83 bits per heavy atom. The molecule has 0 amide bonds. The first-order chi connectivity index (χ1) is 11.3. The molecule has 1 atom stereocenters. The highest BCUT2D eigenvalue weighted by molar-refractivity contribution is 7.89. The van der Waals surface area contributed by atoms with Gasteiger partial charge in [-0.25, -0.2) is 18.1 Å². The van der Waals surface area contributed by atoms with E-state index in [0.29, 0.717) is 25.2 Å². The van der Waals surface area contributed by atoms with Crippen molar-refractivity contribution in [2.45, 2.75) is 23.8 Å². The summed E-state index contributed by atoms with van der Waals surface area (Å²) in [5.74, 6) is 0.777. The molecular formula is C15H21N5O3S. The number of hydrogen-bond acceptors (Lipinski definition) is 6. The molecule has 3 heterocycles. The number of rotatable bonds is 5. The minimum Gasteiger partial charge on any atom is -0.387 e. The molecule has 2 aromatic rings. The Morgan fingerprint density at radius 2 is 2.21 bits per heavy atom. The van der Waals surface area contributed by atoms with Gasteiger partial charge in [0.05, 0.1) is 11.3 Å². The number of aryl methyl sites for hydroxylation is 2. The number of nitrogens with one attached hydrogen (secondary N) is 1. The molecule has 8 nitrogen and oxygen atoms in total. The largest absolute Gasteiger partial charge is 0.387 e. The van der Waals surface area contributed by atoms with Gasteiger partial charge >= 0.3 is 0 Å². The fourth-order valence-corrected chi connectivity index (χ4v) is 4.22. The van der Waals surface area contributed by atoms with Crippen LogP contribution in [0.3, 0.4) is 0 Å². The zero-order valence-corrected chi connectivity index (χ0v) is 14.5. The lowest BCUT2D eigenvalue weighted by Crippen LogP contribution is -2.45. The second kappa shape index (κ2) is 6.15. The predicted molar refractivity (Wildman–Crippen MR) is 89.2 cm³/mol. The number of hydrogen-bond donors (Lipinski definition) is 2. The summed E-state index contributed by atoms with van der Waals surface area (Å²) in [6.45, 7) is 2.55. The maximum Gasteiger partial charge on any atom is 0.244 e. The van der Waals surface area contributed by atoms with Gasteiger partial charge in [0.1, 0.15) is 10.7 Å². The topological polar surface area (TPSA) is 100 Å². The van der Waals surface area contributed by atoms with E-state index < -0.39 is 15.6 Å². The average molecular weight is 351 g/mol. The number of pyridine rings is 1. The fourth-order valence-electron chi connectivity index (χ4n) is 2.89. The Bertz CT molecular complexity index is 821. The lowest BCUT2D eigenvalue weighted by molar-refractivity contribution is 0.0685. The third kappa shape index (κ3) is 3.42. The van der Waals surface area contributed by atoms with Gasteiger partial charge in [0.15, 0.2) is 0 Å². The van der Waals surface area contributed by atoms with Gasteiger partial charge in [-0.05, 0) is 25.5 Å². The molecular weight excluding hydrogens is 330 g/mol. The fraction of sp³-hybridized carbons (Fsp3) is 0.467. The van der Waals surface area contributed by atoms with Crippen LogP contribution in [0.25, 0.3) is 0 Å². The molecule has 0 saturated carbocycles. The van der Waals surface area contributed by atoms with Crippen LogP contribution in [-0.2, 0) is 17.1 Å². The lowest BCUT2D eigenvalue weighted by atomic mass is 10.0. The number of aromatic nitrogens is 3. The summed E-state index contributed by atoms with van der Waals surface area (Å²) in [6, 6.07) is 5.58. The standard InChI is InChI=1S/C15H21N5O3S/c1-12-13(9-19(2)18-12)24(22,23)17-10-15(21)6-8-20(11-15)14-5-3-4-7-16-14/h3-5,7,9,17,21H,6,8,10-11H2,1-2H3. The van der Waals surface area contributed by atoms with Gasteiger partial charge in [-0.3, -0.25) is 4.68 Å². The molecule has 0 radical (unpaired) electrons. The summed E-state index contributed by atoms with van der Waals surface area (Å²) in [5, 5.41) is 14.7. The molecule has 1 unspecified atom stereocenters. The van der Waals surface area contributed by atoms with E-state index in [1.54, 1.807) is 20.2 Å². The summed E-state index contributed by atoms with van der Waals surface area (Å²) < 4.78 is 28.8. The van der Waals surface area contributed by atoms with Gasteiger partial charge in [-0.15, -0.1) is 0 Å². The molecule has 0 aromatic carbocycles. The number of sulfonamides is 1. The third-order valence-corrected chi connectivity index (χ3v) is 5.66. The summed E-state index contributed by atoms with van der Waals surface area (Å²) in [7, 11) is -2.04. The number of aliphatic hydroxyl groups is 1. The zero-order valence-electron chi connectivity index (χ0n) is 13.7. The molecule has 0 bridgehead atoms. The Hall–Kier alpha value is -1.97. The van der Waals surface area contributed by atoms with Crippen LogP contribution in [0.2, 0.25) is 0 Å². The molecule has 1 saturated heterocycles. The van der Waals surface area contributed by atoms with Gasteiger partial charge in [0, 0.05) is 39.1 Å². The van der Waals surface area contributed by atoms with E-state index in [2.05, 4.69) is 14.8 Å². The van der Waals surface area contributed by atoms with Crippen LogP contribution in [0.4, 0.5) is 5.82 Å². The van der Waals surface area contributed by atoms with Crippen LogP contribution in [-0.4, -0.2) is 53.5 Å². The van der Waals surface area contributed by atoms with Gasteiger partial charge in [0.25, 0.3) is 0 Å². The van der Waals surface area contributed by atoms with Crippen molar-refractivity contribution in [3.63, 3.8) is 0 Å². The van der Waals surface area contributed by atoms with E-state index in [9.17, 15) is 13.5 Å². The SMILES string of the molecule is Cc1nn(C)cc1S(=O)(=O)NCC1(O)CCN(c2ccccn2)C1. The summed E-state index contributed by atoms with van der Waals surface area (Å²) in [4.78, 5) is 6.34. The molecule has 3 rings (SSSR count). The second-order valence-electron chi connectivity index (χ2n) is 6.16. The van der Waals surface area contributed by atoms with E-state index in [-0.39, 0.29) is 11.4 Å². The van der Waals surface area contributed by atoms with Crippen molar-refractivity contribution in [1.29, 1.82) is 0 Å². The molecule has 2 N–H and O–H groups in total. The molecule has 9 heteroatoms. The Balaban J connectivity index is 1.67. The molecule has 24 heavy (non-hydrogen) atoms. The van der Waals surface area contributed by atoms with Crippen LogP contribution in [0.1, 0.15) is 12.1 Å². The van der Waals surface area contributed by atoms with Crippen molar-refractivity contribution in [2.24, 2.45) is 7.05 Å². The normalized spacial score (nSPS) is 21.4. The average Bonchev–Trinajstić information content (AvgIpc) is 3.10. The minimum absolute atomic E-state index is 0.0486. The first kappa shape index (κ1) is 16.9. The van der Waals surface area contributed by atoms with Crippen LogP contribution >= 0.6 is 0 Å².